The minimum Gasteiger partial charge on any atom is -0.388 e. The molecular weight excluding hydrogens is 96.0 g/mol. The quantitative estimate of drug-likeness (QED) is 0.215. The second kappa shape index (κ2) is 2.95. The van der Waals surface area contributed by atoms with Gasteiger partial charge in [0, 0.05) is 0 Å². The molecule has 0 saturated carbocycles. The number of amides is 2. The van der Waals surface area contributed by atoms with E-state index in [-0.39, 0.29) is 0 Å². The number of hydrogen-bond acceptors (Lipinski definition) is 2. The molecule has 5 nitrogen and oxygen atoms in total. The maximum Gasteiger partial charge on any atom is 0.332 e. The lowest BCUT2D eigenvalue weighted by Gasteiger charge is -1.84. The molecule has 0 bridgehead atoms. The van der Waals surface area contributed by atoms with Crippen LogP contribution < -0.4 is 16.9 Å². The van der Waals surface area contributed by atoms with Crippen molar-refractivity contribution in [2.45, 2.75) is 0 Å². The van der Waals surface area contributed by atoms with Gasteiger partial charge in [0.05, 0.1) is 0 Å². The van der Waals surface area contributed by atoms with Crippen LogP contribution in [0.5, 0.6) is 0 Å². The van der Waals surface area contributed by atoms with Crippen molar-refractivity contribution in [3.8, 4) is 0 Å². The van der Waals surface area contributed by atoms with Crippen molar-refractivity contribution in [2.75, 3.05) is 0 Å². The number of hydrogen-bond donors (Lipinski definition) is 3. The Morgan fingerprint density at radius 1 is 1.86 bits per heavy atom. The first-order valence-corrected chi connectivity index (χ1v) is 1.56. The zero-order valence-corrected chi connectivity index (χ0v) is 3.59. The van der Waals surface area contributed by atoms with E-state index in [0.717, 1.165) is 6.34 Å². The number of carbonyl (C=O) groups excluding carboxylic acids is 1. The normalized spacial score (nSPS) is 9.14. The van der Waals surface area contributed by atoms with Gasteiger partial charge in [-0.15, -0.1) is 0 Å². The van der Waals surface area contributed by atoms with E-state index in [2.05, 4.69) is 10.8 Å². The highest BCUT2D eigenvalue weighted by atomic mass is 16.2. The van der Waals surface area contributed by atoms with Gasteiger partial charge in [-0.2, -0.15) is 5.10 Å². The summed E-state index contributed by atoms with van der Waals surface area (Å²) in [5.41, 5.74) is 11.2. The fourth-order valence-corrected chi connectivity index (χ4v) is 0.101. The highest BCUT2D eigenvalue weighted by molar-refractivity contribution is 5.72. The molecule has 0 aliphatic rings. The number of hydrazone groups is 1. The van der Waals surface area contributed by atoms with Crippen LogP contribution >= 0.6 is 0 Å². The number of carbonyl (C=O) groups is 1. The summed E-state index contributed by atoms with van der Waals surface area (Å²) in [4.78, 5) is 9.70. The van der Waals surface area contributed by atoms with Crippen LogP contribution in [-0.2, 0) is 0 Å². The van der Waals surface area contributed by atoms with E-state index in [4.69, 9.17) is 5.73 Å². The zero-order valence-electron chi connectivity index (χ0n) is 3.59. The molecule has 0 radical (unpaired) electrons. The van der Waals surface area contributed by atoms with Crippen LogP contribution in [0.15, 0.2) is 5.10 Å². The van der Waals surface area contributed by atoms with Gasteiger partial charge in [-0.25, -0.2) is 10.2 Å². The summed E-state index contributed by atoms with van der Waals surface area (Å²) in [6, 6.07) is -0.721. The summed E-state index contributed by atoms with van der Waals surface area (Å²) in [6.07, 6.45) is 0.935. The fraction of sp³-hybridized carbons (Fsp3) is 0. The topological polar surface area (TPSA) is 93.5 Å². The van der Waals surface area contributed by atoms with Crippen molar-refractivity contribution >= 4 is 12.4 Å². The van der Waals surface area contributed by atoms with Crippen molar-refractivity contribution < 1.29 is 4.79 Å². The molecule has 0 aromatic heterocycles. The van der Waals surface area contributed by atoms with E-state index < -0.39 is 6.03 Å². The fourth-order valence-electron chi connectivity index (χ4n) is 0.101. The van der Waals surface area contributed by atoms with Gasteiger partial charge < -0.3 is 11.5 Å². The molecule has 0 heterocycles. The van der Waals surface area contributed by atoms with Crippen molar-refractivity contribution in [1.29, 1.82) is 0 Å². The Labute approximate surface area is 40.4 Å². The van der Waals surface area contributed by atoms with E-state index in [1.807, 2.05) is 5.43 Å². The maximum atomic E-state index is 9.70. The van der Waals surface area contributed by atoms with Crippen LogP contribution in [-0.4, -0.2) is 12.4 Å². The molecule has 0 fully saturated rings. The van der Waals surface area contributed by atoms with E-state index in [1.165, 1.54) is 0 Å². The molecule has 5 N–H and O–H groups in total. The number of urea groups is 1. The van der Waals surface area contributed by atoms with Gasteiger partial charge >= 0.3 is 6.03 Å². The smallest absolute Gasteiger partial charge is 0.332 e. The van der Waals surface area contributed by atoms with Crippen LogP contribution in [0.1, 0.15) is 0 Å². The summed E-state index contributed by atoms with van der Waals surface area (Å²) in [6.45, 7) is 0. The number of nitrogens with zero attached hydrogens (tertiary/aromatic N) is 1. The summed E-state index contributed by atoms with van der Waals surface area (Å²) < 4.78 is 0. The second-order valence-corrected chi connectivity index (χ2v) is 0.754. The summed E-state index contributed by atoms with van der Waals surface area (Å²) in [7, 11) is 0. The Morgan fingerprint density at radius 2 is 2.43 bits per heavy atom. The first-order chi connectivity index (χ1) is 3.27. The lowest BCUT2D eigenvalue weighted by atomic mass is 11.1. The Kier molecular flexibility index (Phi) is 2.42. The molecule has 2 amide bonds. The van der Waals surface area contributed by atoms with Crippen LogP contribution in [0.25, 0.3) is 0 Å². The number of nitrogens with one attached hydrogen (secondary N) is 1. The lowest BCUT2D eigenvalue weighted by Crippen LogP contribution is -2.24. The molecule has 7 heavy (non-hydrogen) atoms. The number of primary amides is 1. The molecule has 0 aromatic carbocycles. The van der Waals surface area contributed by atoms with E-state index in [0.29, 0.717) is 0 Å². The summed E-state index contributed by atoms with van der Waals surface area (Å²) >= 11 is 0. The maximum absolute atomic E-state index is 9.70. The molecule has 40 valence electrons. The summed E-state index contributed by atoms with van der Waals surface area (Å²) in [5.74, 6) is 0. The third-order valence-electron chi connectivity index (χ3n) is 0.249. The largest absolute Gasteiger partial charge is 0.388 e. The first kappa shape index (κ1) is 5.74. The Balaban J connectivity index is 3.14. The first-order valence-electron chi connectivity index (χ1n) is 1.56. The second-order valence-electron chi connectivity index (χ2n) is 0.754. The third-order valence-corrected chi connectivity index (χ3v) is 0.249. The Morgan fingerprint density at radius 3 is 2.57 bits per heavy atom. The van der Waals surface area contributed by atoms with Gasteiger partial charge in [0.15, 0.2) is 0 Å². The molecule has 0 aromatic rings. The Bertz CT molecular complexity index is 87.7. The number of rotatable bonds is 1. The number of nitrogens with two attached hydrogens (primary N) is 2. The molecule has 0 unspecified atom stereocenters. The zero-order chi connectivity index (χ0) is 5.70. The Hall–Kier alpha value is -1.26. The highest BCUT2D eigenvalue weighted by Gasteiger charge is 1.79. The van der Waals surface area contributed by atoms with Gasteiger partial charge in [-0.05, 0) is 0 Å². The van der Waals surface area contributed by atoms with Crippen LogP contribution in [0, 0.1) is 0 Å². The molecule has 0 atom stereocenters. The summed E-state index contributed by atoms with van der Waals surface area (Å²) in [5, 5.41) is 3.10. The third kappa shape index (κ3) is 4.74. The average molecular weight is 102 g/mol. The monoisotopic (exact) mass is 102 g/mol. The van der Waals surface area contributed by atoms with Crippen molar-refractivity contribution in [2.24, 2.45) is 16.6 Å². The van der Waals surface area contributed by atoms with E-state index >= 15 is 0 Å². The van der Waals surface area contributed by atoms with Crippen molar-refractivity contribution in [1.82, 2.24) is 5.43 Å². The highest BCUT2D eigenvalue weighted by Crippen LogP contribution is 1.49. The van der Waals surface area contributed by atoms with Crippen molar-refractivity contribution in [3.05, 3.63) is 0 Å². The standard InChI is InChI=1S/C2H6N4O/c3-1-5-6-2(4)7/h1H,(H2,3,5)(H3,4,6,7). The molecule has 0 spiro atoms. The SMILES string of the molecule is N/C=N/NC(N)=O. The lowest BCUT2D eigenvalue weighted by molar-refractivity contribution is 0.249. The van der Waals surface area contributed by atoms with Gasteiger partial charge in [0.1, 0.15) is 6.34 Å². The molecular formula is C2H6N4O. The van der Waals surface area contributed by atoms with E-state index in [1.54, 1.807) is 0 Å². The predicted octanol–water partition coefficient (Wildman–Crippen LogP) is -1.44. The molecule has 0 aliphatic heterocycles. The molecule has 0 saturated heterocycles. The molecule has 5 heteroatoms. The van der Waals surface area contributed by atoms with Gasteiger partial charge in [-0.3, -0.25) is 0 Å². The van der Waals surface area contributed by atoms with Gasteiger partial charge in [0.25, 0.3) is 0 Å². The van der Waals surface area contributed by atoms with Gasteiger partial charge in [-0.1, -0.05) is 0 Å². The molecule has 0 rings (SSSR count). The van der Waals surface area contributed by atoms with Crippen molar-refractivity contribution in [3.63, 3.8) is 0 Å². The van der Waals surface area contributed by atoms with Crippen LogP contribution in [0.2, 0.25) is 0 Å². The predicted molar refractivity (Wildman–Crippen MR) is 25.4 cm³/mol. The average Bonchev–Trinajstić information content (AvgIpc) is 1.61. The van der Waals surface area contributed by atoms with Crippen LogP contribution in [0.3, 0.4) is 0 Å². The molecule has 0 aliphatic carbocycles. The van der Waals surface area contributed by atoms with Gasteiger partial charge in [0.2, 0.25) is 0 Å². The van der Waals surface area contributed by atoms with Crippen LogP contribution in [0.4, 0.5) is 4.79 Å². The minimum absolute atomic E-state index is 0.721. The minimum atomic E-state index is -0.721. The van der Waals surface area contributed by atoms with E-state index in [9.17, 15) is 4.79 Å².